The normalized spacial score (nSPS) is 14.2. The van der Waals surface area contributed by atoms with E-state index in [0.29, 0.717) is 18.3 Å². The zero-order chi connectivity index (χ0) is 13.9. The molecule has 0 bridgehead atoms. The number of hydrogen-bond acceptors (Lipinski definition) is 3. The first kappa shape index (κ1) is 13.2. The summed E-state index contributed by atoms with van der Waals surface area (Å²) >= 11 is 1.66. The SMILES string of the molecule is O=C(Cc1ccc(F)cn1)N(Cc1cccs1)C1CC1. The monoisotopic (exact) mass is 290 g/mol. The van der Waals surface area contributed by atoms with E-state index in [2.05, 4.69) is 4.98 Å². The Kier molecular flexibility index (Phi) is 3.78. The Morgan fingerprint density at radius 2 is 2.25 bits per heavy atom. The average Bonchev–Trinajstić information content (AvgIpc) is 3.15. The van der Waals surface area contributed by atoms with Crippen LogP contribution in [0.1, 0.15) is 23.4 Å². The molecule has 1 fully saturated rings. The number of carbonyl (C=O) groups excluding carboxylic acids is 1. The molecule has 1 aliphatic rings. The number of aromatic nitrogens is 1. The summed E-state index contributed by atoms with van der Waals surface area (Å²) in [7, 11) is 0. The van der Waals surface area contributed by atoms with E-state index < -0.39 is 0 Å². The molecule has 2 heterocycles. The van der Waals surface area contributed by atoms with Gasteiger partial charge in [-0.1, -0.05) is 6.07 Å². The largest absolute Gasteiger partial charge is 0.334 e. The predicted octanol–water partition coefficient (Wildman–Crippen LogP) is 3.02. The summed E-state index contributed by atoms with van der Waals surface area (Å²) in [6, 6.07) is 7.32. The molecule has 0 unspecified atom stereocenters. The Balaban J connectivity index is 1.67. The second-order valence-electron chi connectivity index (χ2n) is 4.98. The lowest BCUT2D eigenvalue weighted by atomic mass is 10.2. The van der Waals surface area contributed by atoms with Crippen LogP contribution < -0.4 is 0 Å². The lowest BCUT2D eigenvalue weighted by Crippen LogP contribution is -2.33. The molecule has 0 saturated heterocycles. The number of carbonyl (C=O) groups is 1. The summed E-state index contributed by atoms with van der Waals surface area (Å²) in [4.78, 5) is 19.5. The van der Waals surface area contributed by atoms with Gasteiger partial charge in [0.1, 0.15) is 5.82 Å². The molecule has 0 radical (unpaired) electrons. The second kappa shape index (κ2) is 5.71. The lowest BCUT2D eigenvalue weighted by molar-refractivity contribution is -0.131. The van der Waals surface area contributed by atoms with Gasteiger partial charge >= 0.3 is 0 Å². The summed E-state index contributed by atoms with van der Waals surface area (Å²) in [5, 5.41) is 2.02. The highest BCUT2D eigenvalue weighted by Gasteiger charge is 2.32. The van der Waals surface area contributed by atoms with E-state index in [0.717, 1.165) is 19.0 Å². The molecular weight excluding hydrogens is 275 g/mol. The predicted molar refractivity (Wildman–Crippen MR) is 75.8 cm³/mol. The molecule has 1 aliphatic carbocycles. The third-order valence-corrected chi connectivity index (χ3v) is 4.20. The molecule has 3 nitrogen and oxygen atoms in total. The number of halogens is 1. The number of pyridine rings is 1. The van der Waals surface area contributed by atoms with Gasteiger partial charge in [-0.2, -0.15) is 0 Å². The van der Waals surface area contributed by atoms with Crippen molar-refractivity contribution in [3.05, 3.63) is 52.2 Å². The highest BCUT2D eigenvalue weighted by molar-refractivity contribution is 7.09. The molecule has 1 amide bonds. The number of amides is 1. The van der Waals surface area contributed by atoms with Crippen molar-refractivity contribution in [2.45, 2.75) is 31.8 Å². The quantitative estimate of drug-likeness (QED) is 0.848. The first-order valence-corrected chi connectivity index (χ1v) is 7.52. The van der Waals surface area contributed by atoms with Crippen molar-refractivity contribution in [2.24, 2.45) is 0 Å². The Morgan fingerprint density at radius 3 is 2.85 bits per heavy atom. The highest BCUT2D eigenvalue weighted by Crippen LogP contribution is 2.29. The molecule has 5 heteroatoms. The number of rotatable bonds is 5. The minimum atomic E-state index is -0.376. The Bertz CT molecular complexity index is 578. The van der Waals surface area contributed by atoms with Gasteiger partial charge in [0.15, 0.2) is 0 Å². The van der Waals surface area contributed by atoms with Crippen molar-refractivity contribution in [2.75, 3.05) is 0 Å². The maximum atomic E-state index is 12.8. The first-order valence-electron chi connectivity index (χ1n) is 6.64. The standard InChI is InChI=1S/C15H15FN2OS/c16-11-3-4-12(17-9-11)8-15(19)18(13-5-6-13)10-14-2-1-7-20-14/h1-4,7,9,13H,5-6,8,10H2. The van der Waals surface area contributed by atoms with Gasteiger partial charge < -0.3 is 4.90 Å². The zero-order valence-electron chi connectivity index (χ0n) is 11.0. The van der Waals surface area contributed by atoms with E-state index in [9.17, 15) is 9.18 Å². The van der Waals surface area contributed by atoms with Crippen LogP contribution in [0, 0.1) is 5.82 Å². The molecule has 0 N–H and O–H groups in total. The van der Waals surface area contributed by atoms with E-state index in [4.69, 9.17) is 0 Å². The summed E-state index contributed by atoms with van der Waals surface area (Å²) in [5.41, 5.74) is 0.619. The Morgan fingerprint density at radius 1 is 1.40 bits per heavy atom. The Labute approximate surface area is 121 Å². The molecule has 2 aromatic heterocycles. The van der Waals surface area contributed by atoms with E-state index in [1.165, 1.54) is 10.9 Å². The van der Waals surface area contributed by atoms with Gasteiger partial charge in [0.2, 0.25) is 5.91 Å². The van der Waals surface area contributed by atoms with Crippen LogP contribution in [-0.2, 0) is 17.8 Å². The highest BCUT2D eigenvalue weighted by atomic mass is 32.1. The fourth-order valence-electron chi connectivity index (χ4n) is 2.15. The van der Waals surface area contributed by atoms with Crippen molar-refractivity contribution in [1.82, 2.24) is 9.88 Å². The number of hydrogen-bond donors (Lipinski definition) is 0. The second-order valence-corrected chi connectivity index (χ2v) is 6.01. The van der Waals surface area contributed by atoms with Gasteiger partial charge in [-0.15, -0.1) is 11.3 Å². The van der Waals surface area contributed by atoms with Crippen molar-refractivity contribution >= 4 is 17.2 Å². The van der Waals surface area contributed by atoms with Gasteiger partial charge in [-0.25, -0.2) is 4.39 Å². The van der Waals surface area contributed by atoms with Crippen LogP contribution in [0.3, 0.4) is 0 Å². The summed E-state index contributed by atoms with van der Waals surface area (Å²) in [6.07, 6.45) is 3.55. The topological polar surface area (TPSA) is 33.2 Å². The molecule has 1 saturated carbocycles. The van der Waals surface area contributed by atoms with Crippen molar-refractivity contribution in [3.63, 3.8) is 0 Å². The first-order chi connectivity index (χ1) is 9.72. The summed E-state index contributed by atoms with van der Waals surface area (Å²) < 4.78 is 12.8. The lowest BCUT2D eigenvalue weighted by Gasteiger charge is -2.21. The minimum absolute atomic E-state index is 0.0695. The van der Waals surface area contributed by atoms with E-state index >= 15 is 0 Å². The molecule has 0 spiro atoms. The maximum Gasteiger partial charge on any atom is 0.229 e. The van der Waals surface area contributed by atoms with Gasteiger partial charge in [-0.05, 0) is 36.4 Å². The molecule has 0 aromatic carbocycles. The minimum Gasteiger partial charge on any atom is -0.334 e. The smallest absolute Gasteiger partial charge is 0.229 e. The number of nitrogens with zero attached hydrogens (tertiary/aromatic N) is 2. The van der Waals surface area contributed by atoms with Crippen molar-refractivity contribution < 1.29 is 9.18 Å². The summed E-state index contributed by atoms with van der Waals surface area (Å²) in [6.45, 7) is 0.669. The molecule has 104 valence electrons. The van der Waals surface area contributed by atoms with Crippen LogP contribution >= 0.6 is 11.3 Å². The van der Waals surface area contributed by atoms with Crippen LogP contribution in [0.25, 0.3) is 0 Å². The van der Waals surface area contributed by atoms with Crippen LogP contribution in [0.5, 0.6) is 0 Å². The molecule has 0 aliphatic heterocycles. The van der Waals surface area contributed by atoms with Crippen LogP contribution in [0.2, 0.25) is 0 Å². The average molecular weight is 290 g/mol. The van der Waals surface area contributed by atoms with Gasteiger partial charge in [0, 0.05) is 16.6 Å². The summed E-state index contributed by atoms with van der Waals surface area (Å²) in [5.74, 6) is -0.307. The van der Waals surface area contributed by atoms with Crippen LogP contribution in [0.4, 0.5) is 4.39 Å². The van der Waals surface area contributed by atoms with Crippen LogP contribution in [0.15, 0.2) is 35.8 Å². The molecule has 2 aromatic rings. The van der Waals surface area contributed by atoms with Crippen molar-refractivity contribution in [3.8, 4) is 0 Å². The molecule has 0 atom stereocenters. The van der Waals surface area contributed by atoms with Crippen LogP contribution in [-0.4, -0.2) is 21.8 Å². The van der Waals surface area contributed by atoms with Gasteiger partial charge in [0.25, 0.3) is 0 Å². The molecular formula is C15H15FN2OS. The Hall–Kier alpha value is -1.75. The van der Waals surface area contributed by atoms with Crippen molar-refractivity contribution in [1.29, 1.82) is 0 Å². The zero-order valence-corrected chi connectivity index (χ0v) is 11.8. The molecule has 20 heavy (non-hydrogen) atoms. The van der Waals surface area contributed by atoms with Gasteiger partial charge in [0.05, 0.1) is 19.2 Å². The maximum absolute atomic E-state index is 12.8. The van der Waals surface area contributed by atoms with Gasteiger partial charge in [-0.3, -0.25) is 9.78 Å². The fourth-order valence-corrected chi connectivity index (χ4v) is 2.85. The fraction of sp³-hybridized carbons (Fsp3) is 0.333. The molecule has 3 rings (SSSR count). The van der Waals surface area contributed by atoms with E-state index in [1.807, 2.05) is 22.4 Å². The number of thiophene rings is 1. The third kappa shape index (κ3) is 3.22. The third-order valence-electron chi connectivity index (χ3n) is 3.34. The van der Waals surface area contributed by atoms with E-state index in [-0.39, 0.29) is 18.1 Å². The van der Waals surface area contributed by atoms with E-state index in [1.54, 1.807) is 17.4 Å².